The zero-order valence-electron chi connectivity index (χ0n) is 22.2. The first-order valence-corrected chi connectivity index (χ1v) is 14.3. The van der Waals surface area contributed by atoms with Crippen LogP contribution in [-0.2, 0) is 16.1 Å². The summed E-state index contributed by atoms with van der Waals surface area (Å²) in [6.45, 7) is 4.15. The first-order chi connectivity index (χ1) is 19.4. The first kappa shape index (κ1) is 27.6. The fraction of sp³-hybridized carbons (Fsp3) is 0.194. The van der Waals surface area contributed by atoms with E-state index in [1.54, 1.807) is 27.0 Å². The van der Waals surface area contributed by atoms with Crippen molar-refractivity contribution in [3.63, 3.8) is 0 Å². The highest BCUT2D eigenvalue weighted by atomic mass is 79.9. The number of nitrogens with zero attached hydrogens (tertiary/aromatic N) is 2. The van der Waals surface area contributed by atoms with Crippen molar-refractivity contribution in [3.8, 4) is 11.5 Å². The first-order valence-electron chi connectivity index (χ1n) is 12.7. The van der Waals surface area contributed by atoms with Gasteiger partial charge < -0.3 is 14.2 Å². The number of carbonyl (C=O) groups is 1. The molecule has 0 amide bonds. The normalized spacial score (nSPS) is 14.9. The maximum atomic E-state index is 13.6. The summed E-state index contributed by atoms with van der Waals surface area (Å²) in [5.41, 5.74) is 3.27. The molecule has 5 rings (SSSR count). The standard InChI is InChI=1S/C31H27BrN2O5S/c1-4-38-30(36)27-19(2)34-29(35)26(40-31(34)33-28(27)22-11-13-23(32)14-12-22)17-21-10-15-24(25(16-21)37-3)39-18-20-8-6-5-7-9-20/h5-17,28H,4,18H2,1-3H3/b26-17-/t28-/m0/s1. The number of halogens is 1. The lowest BCUT2D eigenvalue weighted by atomic mass is 9.97. The third-order valence-corrected chi connectivity index (χ3v) is 7.96. The van der Waals surface area contributed by atoms with E-state index in [-0.39, 0.29) is 12.2 Å². The number of fused-ring (bicyclic) bond motifs is 1. The van der Waals surface area contributed by atoms with E-state index in [9.17, 15) is 9.59 Å². The molecular formula is C31H27BrN2O5S. The zero-order valence-corrected chi connectivity index (χ0v) is 24.6. The topological polar surface area (TPSA) is 79.1 Å². The lowest BCUT2D eigenvalue weighted by Crippen LogP contribution is -2.35. The third kappa shape index (κ3) is 5.66. The quantitative estimate of drug-likeness (QED) is 0.252. The molecule has 0 spiro atoms. The van der Waals surface area contributed by atoms with Gasteiger partial charge in [-0.1, -0.05) is 75.8 Å². The van der Waals surface area contributed by atoms with Crippen molar-refractivity contribution in [1.29, 1.82) is 0 Å². The molecule has 7 nitrogen and oxygen atoms in total. The fourth-order valence-corrected chi connectivity index (χ4v) is 5.79. The van der Waals surface area contributed by atoms with Crippen molar-refractivity contribution in [2.45, 2.75) is 26.5 Å². The molecule has 3 aromatic carbocycles. The molecule has 0 aliphatic carbocycles. The van der Waals surface area contributed by atoms with Crippen molar-refractivity contribution in [2.75, 3.05) is 13.7 Å². The highest BCUT2D eigenvalue weighted by Crippen LogP contribution is 2.33. The highest BCUT2D eigenvalue weighted by Gasteiger charge is 2.31. The van der Waals surface area contributed by atoms with Gasteiger partial charge in [0.05, 0.1) is 23.8 Å². The molecule has 9 heteroatoms. The Balaban J connectivity index is 1.55. The monoisotopic (exact) mass is 618 g/mol. The Hall–Kier alpha value is -3.95. The van der Waals surface area contributed by atoms with Crippen LogP contribution in [0.3, 0.4) is 0 Å². The van der Waals surface area contributed by atoms with Gasteiger partial charge in [0.25, 0.3) is 5.56 Å². The Labute approximate surface area is 243 Å². The maximum Gasteiger partial charge on any atom is 0.338 e. The van der Waals surface area contributed by atoms with Crippen molar-refractivity contribution < 1.29 is 19.0 Å². The molecule has 0 saturated carbocycles. The minimum atomic E-state index is -0.584. The predicted molar refractivity (Wildman–Crippen MR) is 159 cm³/mol. The summed E-state index contributed by atoms with van der Waals surface area (Å²) in [4.78, 5) is 32.0. The van der Waals surface area contributed by atoms with Crippen LogP contribution in [0, 0.1) is 0 Å². The van der Waals surface area contributed by atoms with E-state index in [2.05, 4.69) is 15.9 Å². The number of thiazole rings is 1. The van der Waals surface area contributed by atoms with Gasteiger partial charge in [0, 0.05) is 10.2 Å². The fourth-order valence-electron chi connectivity index (χ4n) is 4.48. The molecular weight excluding hydrogens is 592 g/mol. The van der Waals surface area contributed by atoms with Crippen molar-refractivity contribution in [3.05, 3.63) is 119 Å². The van der Waals surface area contributed by atoms with Crippen LogP contribution in [0.4, 0.5) is 0 Å². The molecule has 1 aliphatic heterocycles. The summed E-state index contributed by atoms with van der Waals surface area (Å²) >= 11 is 4.73. The van der Waals surface area contributed by atoms with Gasteiger partial charge in [-0.05, 0) is 60.9 Å². The van der Waals surface area contributed by atoms with Crippen LogP contribution < -0.4 is 24.4 Å². The number of hydrogen-bond donors (Lipinski definition) is 0. The second-order valence-electron chi connectivity index (χ2n) is 9.02. The smallest absolute Gasteiger partial charge is 0.338 e. The van der Waals surface area contributed by atoms with Crippen LogP contribution in [0.1, 0.15) is 36.6 Å². The highest BCUT2D eigenvalue weighted by molar-refractivity contribution is 9.10. The van der Waals surface area contributed by atoms with Crippen molar-refractivity contribution >= 4 is 45.0 Å². The number of benzene rings is 3. The minimum Gasteiger partial charge on any atom is -0.493 e. The van der Waals surface area contributed by atoms with E-state index in [0.717, 1.165) is 21.2 Å². The molecule has 0 fully saturated rings. The second kappa shape index (κ2) is 12.1. The number of rotatable bonds is 8. The van der Waals surface area contributed by atoms with Crippen LogP contribution in [0.5, 0.6) is 11.5 Å². The molecule has 204 valence electrons. The molecule has 1 aromatic heterocycles. The number of ether oxygens (including phenoxy) is 3. The summed E-state index contributed by atoms with van der Waals surface area (Å²) in [6, 6.07) is 22.5. The minimum absolute atomic E-state index is 0.222. The average Bonchev–Trinajstić information content (AvgIpc) is 3.27. The Morgan fingerprint density at radius 2 is 1.82 bits per heavy atom. The molecule has 1 atom stereocenters. The van der Waals surface area contributed by atoms with Gasteiger partial charge in [0.1, 0.15) is 12.6 Å². The molecule has 0 saturated heterocycles. The Kier molecular flexibility index (Phi) is 8.32. The van der Waals surface area contributed by atoms with Crippen LogP contribution in [0.15, 0.2) is 92.6 Å². The van der Waals surface area contributed by atoms with Crippen LogP contribution in [-0.4, -0.2) is 24.3 Å². The second-order valence-corrected chi connectivity index (χ2v) is 10.9. The van der Waals surface area contributed by atoms with Gasteiger partial charge in [0.2, 0.25) is 0 Å². The number of carbonyl (C=O) groups excluding carboxylic acids is 1. The van der Waals surface area contributed by atoms with Gasteiger partial charge in [-0.25, -0.2) is 9.79 Å². The molecule has 0 radical (unpaired) electrons. The number of allylic oxidation sites excluding steroid dienone is 1. The van der Waals surface area contributed by atoms with Crippen molar-refractivity contribution in [1.82, 2.24) is 4.57 Å². The average molecular weight is 620 g/mol. The number of esters is 1. The van der Waals surface area contributed by atoms with Gasteiger partial charge in [-0.2, -0.15) is 0 Å². The van der Waals surface area contributed by atoms with Crippen LogP contribution >= 0.6 is 27.3 Å². The van der Waals surface area contributed by atoms with Gasteiger partial charge in [-0.15, -0.1) is 0 Å². The van der Waals surface area contributed by atoms with E-state index in [4.69, 9.17) is 19.2 Å². The lowest BCUT2D eigenvalue weighted by Gasteiger charge is -2.22. The van der Waals surface area contributed by atoms with E-state index in [1.807, 2.05) is 72.8 Å². The summed E-state index contributed by atoms with van der Waals surface area (Å²) in [5.74, 6) is 0.685. The molecule has 4 aromatic rings. The summed E-state index contributed by atoms with van der Waals surface area (Å²) in [6.07, 6.45) is 1.79. The van der Waals surface area contributed by atoms with E-state index in [0.29, 0.717) is 38.7 Å². The molecule has 40 heavy (non-hydrogen) atoms. The molecule has 0 N–H and O–H groups in total. The molecule has 1 aliphatic rings. The van der Waals surface area contributed by atoms with Gasteiger partial charge in [0.15, 0.2) is 16.3 Å². The van der Waals surface area contributed by atoms with E-state index in [1.165, 1.54) is 15.9 Å². The van der Waals surface area contributed by atoms with Gasteiger partial charge in [-0.3, -0.25) is 9.36 Å². The number of hydrogen-bond acceptors (Lipinski definition) is 7. The summed E-state index contributed by atoms with van der Waals surface area (Å²) < 4.78 is 19.8. The summed E-state index contributed by atoms with van der Waals surface area (Å²) in [7, 11) is 1.58. The Morgan fingerprint density at radius 3 is 2.52 bits per heavy atom. The zero-order chi connectivity index (χ0) is 28.2. The Bertz CT molecular complexity index is 1760. The van der Waals surface area contributed by atoms with E-state index >= 15 is 0 Å². The molecule has 2 heterocycles. The van der Waals surface area contributed by atoms with Crippen molar-refractivity contribution in [2.24, 2.45) is 4.99 Å². The van der Waals surface area contributed by atoms with E-state index < -0.39 is 12.0 Å². The number of aromatic nitrogens is 1. The lowest BCUT2D eigenvalue weighted by molar-refractivity contribution is -0.138. The SMILES string of the molecule is CCOC(=O)C1=C(C)n2c(s/c(=C\c3ccc(OCc4ccccc4)c(OC)c3)c2=O)=N[C@H]1c1ccc(Br)cc1. The predicted octanol–water partition coefficient (Wildman–Crippen LogP) is 5.26. The largest absolute Gasteiger partial charge is 0.493 e. The number of methoxy groups -OCH3 is 1. The van der Waals surface area contributed by atoms with Gasteiger partial charge >= 0.3 is 5.97 Å². The molecule has 0 unspecified atom stereocenters. The molecule has 0 bridgehead atoms. The van der Waals surface area contributed by atoms with Crippen LogP contribution in [0.2, 0.25) is 0 Å². The Morgan fingerprint density at radius 1 is 1.07 bits per heavy atom. The van der Waals surface area contributed by atoms with Crippen LogP contribution in [0.25, 0.3) is 11.8 Å². The third-order valence-electron chi connectivity index (χ3n) is 6.45. The summed E-state index contributed by atoms with van der Waals surface area (Å²) in [5, 5.41) is 0. The maximum absolute atomic E-state index is 13.6.